The van der Waals surface area contributed by atoms with Crippen LogP contribution in [-0.2, 0) is 11.3 Å². The highest BCUT2D eigenvalue weighted by Crippen LogP contribution is 2.33. The van der Waals surface area contributed by atoms with Gasteiger partial charge in [-0.05, 0) is 52.3 Å². The number of pyridine rings is 1. The van der Waals surface area contributed by atoms with Gasteiger partial charge >= 0.3 is 11.8 Å². The van der Waals surface area contributed by atoms with E-state index in [9.17, 15) is 14.9 Å². The lowest BCUT2D eigenvalue weighted by molar-refractivity contribution is -0.384. The topological polar surface area (TPSA) is 116 Å². The van der Waals surface area contributed by atoms with Crippen LogP contribution in [0.25, 0.3) is 10.9 Å². The maximum atomic E-state index is 12.2. The zero-order valence-corrected chi connectivity index (χ0v) is 20.0. The van der Waals surface area contributed by atoms with E-state index in [-0.39, 0.29) is 12.2 Å². The predicted molar refractivity (Wildman–Crippen MR) is 131 cm³/mol. The number of carbonyl (C=O) groups is 1. The van der Waals surface area contributed by atoms with Gasteiger partial charge in [0.25, 0.3) is 0 Å². The summed E-state index contributed by atoms with van der Waals surface area (Å²) < 4.78 is 11.2. The molecule has 2 N–H and O–H groups in total. The highest BCUT2D eigenvalue weighted by Gasteiger charge is 2.26. The third-order valence-electron chi connectivity index (χ3n) is 4.81. The van der Waals surface area contributed by atoms with Gasteiger partial charge in [0.2, 0.25) is 0 Å². The molecule has 34 heavy (non-hydrogen) atoms. The van der Waals surface area contributed by atoms with Gasteiger partial charge in [-0.3, -0.25) is 10.1 Å². The molecule has 9 nitrogen and oxygen atoms in total. The van der Waals surface area contributed by atoms with Gasteiger partial charge in [-0.1, -0.05) is 30.3 Å². The molecule has 0 atom stereocenters. The quantitative estimate of drug-likeness (QED) is 0.335. The van der Waals surface area contributed by atoms with Crippen molar-refractivity contribution in [3.63, 3.8) is 0 Å². The Balaban J connectivity index is 1.80. The first-order chi connectivity index (χ1) is 15.9. The molecule has 3 rings (SSSR count). The molecule has 0 spiro atoms. The summed E-state index contributed by atoms with van der Waals surface area (Å²) in [5, 5.41) is 18.2. The van der Waals surface area contributed by atoms with Crippen molar-refractivity contribution in [2.75, 3.05) is 11.9 Å². The van der Waals surface area contributed by atoms with Crippen LogP contribution in [-0.4, -0.2) is 33.7 Å². The number of ether oxygens (including phenoxy) is 2. The number of amides is 1. The van der Waals surface area contributed by atoms with Crippen LogP contribution in [0.15, 0.2) is 54.7 Å². The normalized spacial score (nSPS) is 11.7. The number of aromatic nitrogens is 1. The van der Waals surface area contributed by atoms with Gasteiger partial charge in [0.05, 0.1) is 16.0 Å². The van der Waals surface area contributed by atoms with Crippen molar-refractivity contribution in [1.82, 2.24) is 10.3 Å². The number of anilines is 1. The number of hydrogen-bond donors (Lipinski definition) is 2. The Hall–Kier alpha value is -3.88. The molecule has 9 heteroatoms. The van der Waals surface area contributed by atoms with E-state index in [1.165, 1.54) is 6.20 Å². The molecule has 1 heterocycles. The molecular formula is C25H30N4O5. The van der Waals surface area contributed by atoms with Crippen molar-refractivity contribution in [3.8, 4) is 5.75 Å². The minimum Gasteiger partial charge on any atom is -0.489 e. The molecule has 0 saturated carbocycles. The smallest absolute Gasteiger partial charge is 0.408 e. The number of rotatable bonds is 8. The number of nitrogens with one attached hydrogen (secondary N) is 2. The maximum Gasteiger partial charge on any atom is 0.408 e. The van der Waals surface area contributed by atoms with Gasteiger partial charge in [-0.15, -0.1) is 0 Å². The standard InChI is InChI=1S/C25H30N4O5/c1-24(2,3)34-23(30)28-25(4,5)16-27-22-19-12-11-18(33-15-17-9-7-6-8-10-17)13-20(19)26-14-21(22)29(31)32/h6-14H,15-16H2,1-5H3,(H,26,27)(H,28,30). The number of nitro groups is 1. The molecule has 0 aliphatic carbocycles. The van der Waals surface area contributed by atoms with Crippen LogP contribution in [0, 0.1) is 10.1 Å². The van der Waals surface area contributed by atoms with Crippen LogP contribution < -0.4 is 15.4 Å². The largest absolute Gasteiger partial charge is 0.489 e. The summed E-state index contributed by atoms with van der Waals surface area (Å²) in [5.41, 5.74) is 0.374. The molecular weight excluding hydrogens is 436 g/mol. The Bertz CT molecular complexity index is 1170. The Morgan fingerprint density at radius 3 is 2.44 bits per heavy atom. The summed E-state index contributed by atoms with van der Waals surface area (Å²) in [6.45, 7) is 9.56. The number of hydrogen-bond acceptors (Lipinski definition) is 7. The molecule has 0 aliphatic heterocycles. The first-order valence-corrected chi connectivity index (χ1v) is 10.9. The van der Waals surface area contributed by atoms with E-state index in [2.05, 4.69) is 15.6 Å². The maximum absolute atomic E-state index is 12.2. The Labute approximate surface area is 198 Å². The van der Waals surface area contributed by atoms with Crippen molar-refractivity contribution >= 4 is 28.4 Å². The molecule has 0 fully saturated rings. The van der Waals surface area contributed by atoms with Crippen molar-refractivity contribution in [2.24, 2.45) is 0 Å². The van der Waals surface area contributed by atoms with E-state index in [1.807, 2.05) is 30.3 Å². The number of carbonyl (C=O) groups excluding carboxylic acids is 1. The van der Waals surface area contributed by atoms with Crippen molar-refractivity contribution in [1.29, 1.82) is 0 Å². The van der Waals surface area contributed by atoms with Crippen LogP contribution in [0.4, 0.5) is 16.2 Å². The van der Waals surface area contributed by atoms with E-state index >= 15 is 0 Å². The number of benzene rings is 2. The van der Waals surface area contributed by atoms with E-state index in [1.54, 1.807) is 52.8 Å². The number of fused-ring (bicyclic) bond motifs is 1. The van der Waals surface area contributed by atoms with Crippen LogP contribution >= 0.6 is 0 Å². The second-order valence-electron chi connectivity index (χ2n) is 9.59. The van der Waals surface area contributed by atoms with Crippen LogP contribution in [0.1, 0.15) is 40.2 Å². The van der Waals surface area contributed by atoms with Crippen LogP contribution in [0.5, 0.6) is 5.75 Å². The van der Waals surface area contributed by atoms with Gasteiger partial charge < -0.3 is 20.1 Å². The first-order valence-electron chi connectivity index (χ1n) is 10.9. The second-order valence-corrected chi connectivity index (χ2v) is 9.59. The zero-order valence-electron chi connectivity index (χ0n) is 20.0. The van der Waals surface area contributed by atoms with Crippen molar-refractivity contribution in [3.05, 3.63) is 70.4 Å². The fraction of sp³-hybridized carbons (Fsp3) is 0.360. The SMILES string of the molecule is CC(C)(CNc1c([N+](=O)[O-])cnc2cc(OCc3ccccc3)ccc12)NC(=O)OC(C)(C)C. The average molecular weight is 467 g/mol. The lowest BCUT2D eigenvalue weighted by atomic mass is 10.1. The van der Waals surface area contributed by atoms with Crippen LogP contribution in [0.2, 0.25) is 0 Å². The van der Waals surface area contributed by atoms with E-state index in [0.29, 0.717) is 28.9 Å². The third kappa shape index (κ3) is 6.81. The molecule has 0 bridgehead atoms. The fourth-order valence-electron chi connectivity index (χ4n) is 3.25. The number of alkyl carbamates (subject to hydrolysis) is 1. The molecule has 2 aromatic carbocycles. The summed E-state index contributed by atoms with van der Waals surface area (Å²) in [7, 11) is 0. The van der Waals surface area contributed by atoms with Crippen molar-refractivity contribution in [2.45, 2.75) is 52.4 Å². The van der Waals surface area contributed by atoms with Gasteiger partial charge in [0.1, 0.15) is 29.8 Å². The van der Waals surface area contributed by atoms with Crippen molar-refractivity contribution < 1.29 is 19.2 Å². The zero-order chi connectivity index (χ0) is 24.9. The molecule has 0 unspecified atom stereocenters. The fourth-order valence-corrected chi connectivity index (χ4v) is 3.25. The molecule has 1 aromatic heterocycles. The summed E-state index contributed by atoms with van der Waals surface area (Å²) in [4.78, 5) is 27.6. The minimum absolute atomic E-state index is 0.154. The van der Waals surface area contributed by atoms with Gasteiger partial charge in [-0.2, -0.15) is 0 Å². The lowest BCUT2D eigenvalue weighted by Gasteiger charge is -2.29. The molecule has 3 aromatic rings. The predicted octanol–water partition coefficient (Wildman–Crippen LogP) is 5.44. The van der Waals surface area contributed by atoms with E-state index < -0.39 is 22.2 Å². The molecule has 1 amide bonds. The Morgan fingerprint density at radius 2 is 1.79 bits per heavy atom. The van der Waals surface area contributed by atoms with Gasteiger partial charge in [0.15, 0.2) is 0 Å². The summed E-state index contributed by atoms with van der Waals surface area (Å²) >= 11 is 0. The number of nitrogens with zero attached hydrogens (tertiary/aromatic N) is 2. The summed E-state index contributed by atoms with van der Waals surface area (Å²) in [6, 6.07) is 15.0. The van der Waals surface area contributed by atoms with E-state index in [4.69, 9.17) is 9.47 Å². The van der Waals surface area contributed by atoms with Gasteiger partial charge in [0, 0.05) is 18.0 Å². The van der Waals surface area contributed by atoms with E-state index in [0.717, 1.165) is 5.56 Å². The van der Waals surface area contributed by atoms with Crippen LogP contribution in [0.3, 0.4) is 0 Å². The lowest BCUT2D eigenvalue weighted by Crippen LogP contribution is -2.50. The molecule has 180 valence electrons. The highest BCUT2D eigenvalue weighted by atomic mass is 16.6. The first kappa shape index (κ1) is 24.8. The highest BCUT2D eigenvalue weighted by molar-refractivity contribution is 5.96. The second kappa shape index (κ2) is 9.94. The van der Waals surface area contributed by atoms with Gasteiger partial charge in [-0.25, -0.2) is 9.78 Å². The monoisotopic (exact) mass is 466 g/mol. The molecule has 0 aliphatic rings. The Morgan fingerprint density at radius 1 is 1.09 bits per heavy atom. The Kier molecular flexibility index (Phi) is 7.24. The average Bonchev–Trinajstić information content (AvgIpc) is 2.74. The third-order valence-corrected chi connectivity index (χ3v) is 4.81. The minimum atomic E-state index is -0.746. The summed E-state index contributed by atoms with van der Waals surface area (Å²) in [6.07, 6.45) is 0.661. The molecule has 0 saturated heterocycles. The summed E-state index contributed by atoms with van der Waals surface area (Å²) in [5.74, 6) is 0.607. The molecule has 0 radical (unpaired) electrons.